The second-order valence-electron chi connectivity index (χ2n) is 6.83. The van der Waals surface area contributed by atoms with Crippen molar-refractivity contribution in [3.8, 4) is 0 Å². The molecule has 2 fully saturated rings. The van der Waals surface area contributed by atoms with E-state index < -0.39 is 0 Å². The molecule has 21 heavy (non-hydrogen) atoms. The van der Waals surface area contributed by atoms with Gasteiger partial charge in [0.15, 0.2) is 0 Å². The Hall–Kier alpha value is -1.46. The van der Waals surface area contributed by atoms with Crippen molar-refractivity contribution in [2.24, 2.45) is 16.3 Å². The normalized spacial score (nSPS) is 25.7. The Morgan fingerprint density at radius 3 is 2.90 bits per heavy atom. The van der Waals surface area contributed by atoms with Crippen molar-refractivity contribution in [2.45, 2.75) is 45.1 Å². The molecule has 0 aromatic carbocycles. The molecule has 1 saturated heterocycles. The summed E-state index contributed by atoms with van der Waals surface area (Å²) in [5.74, 6) is 7.22. The number of nitrogens with two attached hydrogens (primary N) is 1. The van der Waals surface area contributed by atoms with Gasteiger partial charge in [0.25, 0.3) is 0 Å². The van der Waals surface area contributed by atoms with Gasteiger partial charge in [-0.25, -0.2) is 5.84 Å². The fourth-order valence-electron chi connectivity index (χ4n) is 3.08. The van der Waals surface area contributed by atoms with E-state index in [1.54, 1.807) is 0 Å². The Bertz CT molecular complexity index is 533. The van der Waals surface area contributed by atoms with E-state index in [-0.39, 0.29) is 11.5 Å². The van der Waals surface area contributed by atoms with Crippen LogP contribution in [0.15, 0.2) is 23.5 Å². The van der Waals surface area contributed by atoms with Gasteiger partial charge in [0.05, 0.1) is 6.04 Å². The molecule has 3 rings (SSSR count). The number of piperidine rings is 1. The molecular formula is C16H25N5. The third-order valence-electron chi connectivity index (χ3n) is 4.62. The highest BCUT2D eigenvalue weighted by Crippen LogP contribution is 2.41. The van der Waals surface area contributed by atoms with Crippen LogP contribution in [0.5, 0.6) is 0 Å². The van der Waals surface area contributed by atoms with Gasteiger partial charge >= 0.3 is 0 Å². The van der Waals surface area contributed by atoms with Crippen LogP contribution in [0.25, 0.3) is 0 Å². The first-order valence-corrected chi connectivity index (χ1v) is 7.81. The van der Waals surface area contributed by atoms with E-state index in [4.69, 9.17) is 10.8 Å². The summed E-state index contributed by atoms with van der Waals surface area (Å²) in [5, 5.41) is 3.44. The van der Waals surface area contributed by atoms with Crippen LogP contribution in [0.4, 0.5) is 0 Å². The van der Waals surface area contributed by atoms with E-state index in [0.717, 1.165) is 30.9 Å². The minimum atomic E-state index is 0.146. The van der Waals surface area contributed by atoms with Gasteiger partial charge in [-0.2, -0.15) is 0 Å². The number of nitrogens with zero attached hydrogens (tertiary/aromatic N) is 2. The van der Waals surface area contributed by atoms with Crippen molar-refractivity contribution in [3.05, 3.63) is 29.6 Å². The molecule has 5 heteroatoms. The zero-order chi connectivity index (χ0) is 14.9. The molecule has 5 nitrogen and oxygen atoms in total. The highest BCUT2D eigenvalue weighted by atomic mass is 15.3. The molecule has 1 aromatic heterocycles. The fraction of sp³-hybridized carbons (Fsp3) is 0.625. The minimum Gasteiger partial charge on any atom is -0.316 e. The Balaban J connectivity index is 1.92. The molecule has 2 heterocycles. The van der Waals surface area contributed by atoms with Crippen LogP contribution in [0, 0.1) is 5.41 Å². The van der Waals surface area contributed by atoms with Crippen molar-refractivity contribution in [2.75, 3.05) is 13.1 Å². The number of hydrogen-bond acceptors (Lipinski definition) is 4. The third kappa shape index (κ3) is 3.09. The number of aromatic nitrogens is 1. The number of hydrazine groups is 1. The Kier molecular flexibility index (Phi) is 3.95. The standard InChI is InChI=1S/C16H25N5/c1-16(2)10-19-8-6-14(16)20-15(21-17)12-5-7-18-9-13(12)11-3-4-11/h5,7,9,11,14,19H,3-4,6,8,10,17H2,1-2H3,(H,20,21). The molecule has 1 aliphatic heterocycles. The molecule has 1 aromatic rings. The van der Waals surface area contributed by atoms with E-state index in [1.165, 1.54) is 18.4 Å². The van der Waals surface area contributed by atoms with E-state index in [9.17, 15) is 0 Å². The van der Waals surface area contributed by atoms with Crippen LogP contribution in [0.1, 0.15) is 50.2 Å². The quantitative estimate of drug-likeness (QED) is 0.341. The lowest BCUT2D eigenvalue weighted by Gasteiger charge is -2.37. The van der Waals surface area contributed by atoms with E-state index in [0.29, 0.717) is 5.92 Å². The zero-order valence-electron chi connectivity index (χ0n) is 12.9. The summed E-state index contributed by atoms with van der Waals surface area (Å²) in [6, 6.07) is 2.31. The summed E-state index contributed by atoms with van der Waals surface area (Å²) in [7, 11) is 0. The minimum absolute atomic E-state index is 0.146. The molecule has 114 valence electrons. The average Bonchev–Trinajstić information content (AvgIpc) is 3.30. The first-order valence-electron chi connectivity index (χ1n) is 7.81. The van der Waals surface area contributed by atoms with Gasteiger partial charge in [-0.1, -0.05) is 13.8 Å². The summed E-state index contributed by atoms with van der Waals surface area (Å²) in [6.07, 6.45) is 7.32. The summed E-state index contributed by atoms with van der Waals surface area (Å²) in [5.41, 5.74) is 5.37. The average molecular weight is 287 g/mol. The van der Waals surface area contributed by atoms with Gasteiger partial charge in [0.2, 0.25) is 0 Å². The lowest BCUT2D eigenvalue weighted by molar-refractivity contribution is 0.223. The van der Waals surface area contributed by atoms with Crippen molar-refractivity contribution < 1.29 is 0 Å². The van der Waals surface area contributed by atoms with E-state index >= 15 is 0 Å². The SMILES string of the molecule is CC1(C)CNCCC1N=C(NN)c1ccncc1C1CC1. The maximum atomic E-state index is 5.78. The molecule has 0 bridgehead atoms. The number of aliphatic imine (C=N–C) groups is 1. The molecule has 4 N–H and O–H groups in total. The zero-order valence-corrected chi connectivity index (χ0v) is 12.9. The van der Waals surface area contributed by atoms with Crippen LogP contribution in [0.3, 0.4) is 0 Å². The van der Waals surface area contributed by atoms with Crippen molar-refractivity contribution in [1.82, 2.24) is 15.7 Å². The Morgan fingerprint density at radius 2 is 2.24 bits per heavy atom. The van der Waals surface area contributed by atoms with Gasteiger partial charge in [0, 0.05) is 24.5 Å². The maximum Gasteiger partial charge on any atom is 0.143 e. The van der Waals surface area contributed by atoms with Crippen LogP contribution in [-0.4, -0.2) is 30.0 Å². The lowest BCUT2D eigenvalue weighted by atomic mass is 9.80. The molecule has 0 spiro atoms. The maximum absolute atomic E-state index is 5.78. The highest BCUT2D eigenvalue weighted by molar-refractivity contribution is 6.00. The number of rotatable bonds is 3. The molecule has 0 amide bonds. The Labute approximate surface area is 126 Å². The fourth-order valence-corrected chi connectivity index (χ4v) is 3.08. The Morgan fingerprint density at radius 1 is 1.43 bits per heavy atom. The largest absolute Gasteiger partial charge is 0.316 e. The van der Waals surface area contributed by atoms with Gasteiger partial charge in [-0.05, 0) is 48.8 Å². The molecule has 2 aliphatic rings. The van der Waals surface area contributed by atoms with Crippen molar-refractivity contribution in [1.29, 1.82) is 0 Å². The lowest BCUT2D eigenvalue weighted by Crippen LogP contribution is -2.46. The highest BCUT2D eigenvalue weighted by Gasteiger charge is 2.33. The molecule has 1 atom stereocenters. The van der Waals surface area contributed by atoms with Gasteiger partial charge < -0.3 is 10.7 Å². The second-order valence-corrected chi connectivity index (χ2v) is 6.83. The van der Waals surface area contributed by atoms with Crippen molar-refractivity contribution in [3.63, 3.8) is 0 Å². The van der Waals surface area contributed by atoms with Crippen molar-refractivity contribution >= 4 is 5.84 Å². The van der Waals surface area contributed by atoms with Gasteiger partial charge in [0.1, 0.15) is 5.84 Å². The smallest absolute Gasteiger partial charge is 0.143 e. The van der Waals surface area contributed by atoms with Gasteiger partial charge in [-0.3, -0.25) is 9.98 Å². The summed E-state index contributed by atoms with van der Waals surface area (Å²) < 4.78 is 0. The number of pyridine rings is 1. The summed E-state index contributed by atoms with van der Waals surface area (Å²) in [4.78, 5) is 9.23. The second kappa shape index (κ2) is 5.73. The molecule has 1 saturated carbocycles. The molecule has 1 aliphatic carbocycles. The number of nitrogens with one attached hydrogen (secondary N) is 2. The third-order valence-corrected chi connectivity index (χ3v) is 4.62. The number of hydrogen-bond donors (Lipinski definition) is 3. The van der Waals surface area contributed by atoms with Crippen LogP contribution >= 0.6 is 0 Å². The van der Waals surface area contributed by atoms with E-state index in [2.05, 4.69) is 29.6 Å². The molecule has 1 unspecified atom stereocenters. The monoisotopic (exact) mass is 287 g/mol. The molecule has 0 radical (unpaired) electrons. The number of amidine groups is 1. The first-order chi connectivity index (χ1) is 10.1. The predicted molar refractivity (Wildman–Crippen MR) is 85.1 cm³/mol. The topological polar surface area (TPSA) is 75.3 Å². The predicted octanol–water partition coefficient (Wildman–Crippen LogP) is 1.56. The van der Waals surface area contributed by atoms with Crippen LogP contribution in [0.2, 0.25) is 0 Å². The summed E-state index contributed by atoms with van der Waals surface area (Å²) >= 11 is 0. The van der Waals surface area contributed by atoms with Crippen LogP contribution < -0.4 is 16.6 Å². The molecular weight excluding hydrogens is 262 g/mol. The van der Waals surface area contributed by atoms with Gasteiger partial charge in [-0.15, -0.1) is 0 Å². The summed E-state index contributed by atoms with van der Waals surface area (Å²) in [6.45, 7) is 6.53. The van der Waals surface area contributed by atoms with Crippen LogP contribution in [-0.2, 0) is 0 Å². The first kappa shape index (κ1) is 14.5. The van der Waals surface area contributed by atoms with E-state index in [1.807, 2.05) is 18.5 Å².